The average molecular weight is 320 g/mol. The Morgan fingerprint density at radius 2 is 1.74 bits per heavy atom. The lowest BCUT2D eigenvalue weighted by atomic mass is 10.1. The minimum Gasteiger partial charge on any atom is -0.313 e. The summed E-state index contributed by atoms with van der Waals surface area (Å²) in [7, 11) is 0. The van der Waals surface area contributed by atoms with Crippen molar-refractivity contribution in [3.8, 4) is 11.4 Å². The van der Waals surface area contributed by atoms with Gasteiger partial charge in [-0.2, -0.15) is 0 Å². The number of halogens is 1. The summed E-state index contributed by atoms with van der Waals surface area (Å²) in [5.74, 6) is 0.780. The first-order valence-corrected chi connectivity index (χ1v) is 7.22. The molecule has 2 aromatic rings. The van der Waals surface area contributed by atoms with Gasteiger partial charge in [0.05, 0.1) is 0 Å². The Hall–Kier alpha value is -1.26. The van der Waals surface area contributed by atoms with Crippen molar-refractivity contribution < 1.29 is 0 Å². The topological polar surface area (TPSA) is 37.8 Å². The molecule has 1 aromatic carbocycles. The minimum absolute atomic E-state index is 0.780. The highest BCUT2D eigenvalue weighted by atomic mass is 79.9. The molecular formula is C15H18BrN3. The maximum atomic E-state index is 4.64. The Kier molecular flexibility index (Phi) is 4.66. The first-order chi connectivity index (χ1) is 9.13. The van der Waals surface area contributed by atoms with Gasteiger partial charge in [0.25, 0.3) is 0 Å². The quantitative estimate of drug-likeness (QED) is 0.935. The number of aromatic nitrogens is 2. The van der Waals surface area contributed by atoms with Gasteiger partial charge < -0.3 is 5.32 Å². The monoisotopic (exact) mass is 319 g/mol. The molecule has 0 bridgehead atoms. The van der Waals surface area contributed by atoms with Crippen molar-refractivity contribution in [1.82, 2.24) is 15.3 Å². The van der Waals surface area contributed by atoms with Gasteiger partial charge >= 0.3 is 0 Å². The maximum absolute atomic E-state index is 4.64. The van der Waals surface area contributed by atoms with Crippen LogP contribution in [0.1, 0.15) is 23.9 Å². The van der Waals surface area contributed by atoms with Crippen molar-refractivity contribution >= 4 is 15.9 Å². The van der Waals surface area contributed by atoms with Gasteiger partial charge in [0.1, 0.15) is 0 Å². The minimum atomic E-state index is 0.780. The Morgan fingerprint density at radius 3 is 2.32 bits per heavy atom. The fraction of sp³-hybridized carbons (Fsp3) is 0.333. The summed E-state index contributed by atoms with van der Waals surface area (Å²) in [6.45, 7) is 7.96. The molecule has 2 rings (SSSR count). The number of aryl methyl sites for hydroxylation is 2. The second-order valence-electron chi connectivity index (χ2n) is 4.46. The molecule has 0 aliphatic rings. The molecular weight excluding hydrogens is 302 g/mol. The number of benzene rings is 1. The number of nitrogens with one attached hydrogen (secondary N) is 1. The largest absolute Gasteiger partial charge is 0.313 e. The maximum Gasteiger partial charge on any atom is 0.160 e. The van der Waals surface area contributed by atoms with E-state index in [4.69, 9.17) is 0 Å². The second-order valence-corrected chi connectivity index (χ2v) is 5.31. The lowest BCUT2D eigenvalue weighted by Crippen LogP contribution is -2.15. The van der Waals surface area contributed by atoms with Crippen LogP contribution in [-0.4, -0.2) is 16.5 Å². The van der Waals surface area contributed by atoms with Gasteiger partial charge in [0, 0.05) is 33.5 Å². The normalized spacial score (nSPS) is 10.7. The Labute approximate surface area is 122 Å². The fourth-order valence-electron chi connectivity index (χ4n) is 2.01. The van der Waals surface area contributed by atoms with Crippen LogP contribution in [0.3, 0.4) is 0 Å². The van der Waals surface area contributed by atoms with Crippen molar-refractivity contribution in [3.05, 3.63) is 45.7 Å². The SMILES string of the molecule is CCNCc1c(C)nc(-c2ccccc2Br)nc1C. The van der Waals surface area contributed by atoms with Gasteiger partial charge in [0.2, 0.25) is 0 Å². The zero-order valence-corrected chi connectivity index (χ0v) is 13.1. The van der Waals surface area contributed by atoms with Crippen LogP contribution in [0.5, 0.6) is 0 Å². The summed E-state index contributed by atoms with van der Waals surface area (Å²) in [6, 6.07) is 8.03. The van der Waals surface area contributed by atoms with E-state index in [2.05, 4.69) is 38.1 Å². The van der Waals surface area contributed by atoms with Crippen LogP contribution in [0.4, 0.5) is 0 Å². The van der Waals surface area contributed by atoms with Crippen molar-refractivity contribution in [1.29, 1.82) is 0 Å². The van der Waals surface area contributed by atoms with Crippen LogP contribution < -0.4 is 5.32 Å². The van der Waals surface area contributed by atoms with Crippen LogP contribution >= 0.6 is 15.9 Å². The van der Waals surface area contributed by atoms with Gasteiger partial charge in [0.15, 0.2) is 5.82 Å². The van der Waals surface area contributed by atoms with E-state index >= 15 is 0 Å². The van der Waals surface area contributed by atoms with Gasteiger partial charge in [-0.05, 0) is 26.5 Å². The Balaban J connectivity index is 2.43. The Bertz CT molecular complexity index is 558. The summed E-state index contributed by atoms with van der Waals surface area (Å²) in [6.07, 6.45) is 0. The molecule has 0 saturated heterocycles. The van der Waals surface area contributed by atoms with E-state index in [9.17, 15) is 0 Å². The Morgan fingerprint density at radius 1 is 1.11 bits per heavy atom. The number of hydrogen-bond donors (Lipinski definition) is 1. The van der Waals surface area contributed by atoms with Crippen LogP contribution in [0.2, 0.25) is 0 Å². The number of rotatable bonds is 4. The van der Waals surface area contributed by atoms with Crippen molar-refractivity contribution in [3.63, 3.8) is 0 Å². The number of nitrogens with zero attached hydrogens (tertiary/aromatic N) is 2. The van der Waals surface area contributed by atoms with Gasteiger partial charge in [-0.25, -0.2) is 9.97 Å². The summed E-state index contributed by atoms with van der Waals surface area (Å²) in [5.41, 5.74) is 4.31. The third kappa shape index (κ3) is 3.19. The summed E-state index contributed by atoms with van der Waals surface area (Å²) in [4.78, 5) is 9.27. The highest BCUT2D eigenvalue weighted by Crippen LogP contribution is 2.26. The molecule has 19 heavy (non-hydrogen) atoms. The first kappa shape index (κ1) is 14.2. The molecule has 0 unspecified atom stereocenters. The van der Waals surface area contributed by atoms with Crippen molar-refractivity contribution in [2.45, 2.75) is 27.3 Å². The highest BCUT2D eigenvalue weighted by Gasteiger charge is 2.11. The highest BCUT2D eigenvalue weighted by molar-refractivity contribution is 9.10. The summed E-state index contributed by atoms with van der Waals surface area (Å²) >= 11 is 3.55. The van der Waals surface area contributed by atoms with E-state index in [0.717, 1.165) is 40.3 Å². The molecule has 0 saturated carbocycles. The van der Waals surface area contributed by atoms with E-state index in [0.29, 0.717) is 0 Å². The second kappa shape index (κ2) is 6.26. The molecule has 0 radical (unpaired) electrons. The van der Waals surface area contributed by atoms with E-state index in [1.165, 1.54) is 5.56 Å². The van der Waals surface area contributed by atoms with Crippen LogP contribution in [-0.2, 0) is 6.54 Å². The molecule has 4 heteroatoms. The lowest BCUT2D eigenvalue weighted by Gasteiger charge is -2.12. The summed E-state index contributed by atoms with van der Waals surface area (Å²) in [5, 5.41) is 3.33. The third-order valence-corrected chi connectivity index (χ3v) is 3.78. The molecule has 0 fully saturated rings. The van der Waals surface area contributed by atoms with Gasteiger partial charge in [-0.15, -0.1) is 0 Å². The zero-order valence-electron chi connectivity index (χ0n) is 11.5. The van der Waals surface area contributed by atoms with E-state index in [-0.39, 0.29) is 0 Å². The van der Waals surface area contributed by atoms with Crippen LogP contribution in [0.15, 0.2) is 28.7 Å². The first-order valence-electron chi connectivity index (χ1n) is 6.43. The van der Waals surface area contributed by atoms with E-state index in [1.54, 1.807) is 0 Å². The molecule has 0 aliphatic heterocycles. The molecule has 0 aliphatic carbocycles. The van der Waals surface area contributed by atoms with Gasteiger partial charge in [-0.3, -0.25) is 0 Å². The molecule has 1 aromatic heterocycles. The van der Waals surface area contributed by atoms with E-state index in [1.807, 2.05) is 38.1 Å². The summed E-state index contributed by atoms with van der Waals surface area (Å²) < 4.78 is 1.02. The molecule has 1 heterocycles. The van der Waals surface area contributed by atoms with Crippen LogP contribution in [0, 0.1) is 13.8 Å². The smallest absolute Gasteiger partial charge is 0.160 e. The van der Waals surface area contributed by atoms with Crippen molar-refractivity contribution in [2.75, 3.05) is 6.54 Å². The zero-order chi connectivity index (χ0) is 13.8. The molecule has 0 amide bonds. The van der Waals surface area contributed by atoms with Crippen molar-refractivity contribution in [2.24, 2.45) is 0 Å². The molecule has 3 nitrogen and oxygen atoms in total. The predicted molar refractivity (Wildman–Crippen MR) is 82.0 cm³/mol. The average Bonchev–Trinajstić information content (AvgIpc) is 2.38. The third-order valence-electron chi connectivity index (χ3n) is 3.09. The van der Waals surface area contributed by atoms with Gasteiger partial charge in [-0.1, -0.05) is 41.1 Å². The fourth-order valence-corrected chi connectivity index (χ4v) is 2.47. The molecule has 0 spiro atoms. The molecule has 1 N–H and O–H groups in total. The predicted octanol–water partition coefficient (Wildman–Crippen LogP) is 3.63. The molecule has 0 atom stereocenters. The van der Waals surface area contributed by atoms with Crippen LogP contribution in [0.25, 0.3) is 11.4 Å². The number of hydrogen-bond acceptors (Lipinski definition) is 3. The van der Waals surface area contributed by atoms with E-state index < -0.39 is 0 Å². The lowest BCUT2D eigenvalue weighted by molar-refractivity contribution is 0.711. The standard InChI is InChI=1S/C15H18BrN3/c1-4-17-9-13-10(2)18-15(19-11(13)3)12-7-5-6-8-14(12)16/h5-8,17H,4,9H2,1-3H3. The molecule has 100 valence electrons.